The van der Waals surface area contributed by atoms with E-state index in [4.69, 9.17) is 23.7 Å². The first-order valence-corrected chi connectivity index (χ1v) is 15.7. The summed E-state index contributed by atoms with van der Waals surface area (Å²) in [6.07, 6.45) is 12.5. The van der Waals surface area contributed by atoms with Crippen molar-refractivity contribution in [3.05, 3.63) is 29.8 Å². The van der Waals surface area contributed by atoms with Crippen LogP contribution in [0.2, 0.25) is 0 Å². The first kappa shape index (κ1) is 28.0. The summed E-state index contributed by atoms with van der Waals surface area (Å²) in [5.41, 5.74) is -0.0622. The van der Waals surface area contributed by atoms with Crippen molar-refractivity contribution in [1.29, 1.82) is 0 Å². The highest BCUT2D eigenvalue weighted by Gasteiger charge is 2.62. The SMILES string of the molecule is CCC1(OC(=O)COC23CC4CC(C2)CC(C(=O)OCC2CCCC(Oc5ccc(C)cc5)O2)(C4)C3)CCCC1. The monoisotopic (exact) mass is 554 g/mol. The van der Waals surface area contributed by atoms with Crippen molar-refractivity contribution in [2.75, 3.05) is 13.2 Å². The molecule has 7 nitrogen and oxygen atoms in total. The Labute approximate surface area is 238 Å². The molecule has 6 fully saturated rings. The van der Waals surface area contributed by atoms with Gasteiger partial charge >= 0.3 is 11.9 Å². The molecule has 4 atom stereocenters. The zero-order valence-electron chi connectivity index (χ0n) is 24.3. The van der Waals surface area contributed by atoms with Crippen LogP contribution < -0.4 is 4.74 Å². The number of benzene rings is 1. The van der Waals surface area contributed by atoms with Crippen molar-refractivity contribution in [2.45, 2.75) is 127 Å². The highest BCUT2D eigenvalue weighted by Crippen LogP contribution is 2.63. The molecule has 220 valence electrons. The van der Waals surface area contributed by atoms with Gasteiger partial charge in [-0.15, -0.1) is 0 Å². The Morgan fingerprint density at radius 2 is 1.70 bits per heavy atom. The normalized spacial score (nSPS) is 35.9. The van der Waals surface area contributed by atoms with E-state index in [1.54, 1.807) is 0 Å². The largest absolute Gasteiger partial charge is 0.465 e. The molecule has 1 heterocycles. The van der Waals surface area contributed by atoms with Crippen LogP contribution in [0.25, 0.3) is 0 Å². The average Bonchev–Trinajstić information content (AvgIpc) is 3.40. The lowest BCUT2D eigenvalue weighted by Crippen LogP contribution is -2.60. The highest BCUT2D eigenvalue weighted by molar-refractivity contribution is 5.78. The summed E-state index contributed by atoms with van der Waals surface area (Å²) in [5, 5.41) is 0. The number of aryl methyl sites for hydroxylation is 1. The summed E-state index contributed by atoms with van der Waals surface area (Å²) in [4.78, 5) is 26.5. The fraction of sp³-hybridized carbons (Fsp3) is 0.758. The van der Waals surface area contributed by atoms with Gasteiger partial charge in [0.2, 0.25) is 0 Å². The Bertz CT molecular complexity index is 1050. The van der Waals surface area contributed by atoms with Crippen molar-refractivity contribution in [3.8, 4) is 5.75 Å². The van der Waals surface area contributed by atoms with E-state index in [1.165, 1.54) is 5.56 Å². The summed E-state index contributed by atoms with van der Waals surface area (Å²) in [6.45, 7) is 4.38. The molecule has 0 aromatic heterocycles. The molecule has 4 unspecified atom stereocenters. The minimum atomic E-state index is -0.517. The first-order valence-electron chi connectivity index (χ1n) is 15.7. The zero-order valence-corrected chi connectivity index (χ0v) is 24.3. The van der Waals surface area contributed by atoms with Gasteiger partial charge in [0, 0.05) is 6.42 Å². The Kier molecular flexibility index (Phi) is 7.90. The van der Waals surface area contributed by atoms with Crippen molar-refractivity contribution >= 4 is 11.9 Å². The van der Waals surface area contributed by atoms with Crippen molar-refractivity contribution in [3.63, 3.8) is 0 Å². The second-order valence-electron chi connectivity index (χ2n) is 13.6. The summed E-state index contributed by atoms with van der Waals surface area (Å²) in [6, 6.07) is 7.98. The maximum Gasteiger partial charge on any atom is 0.332 e. The van der Waals surface area contributed by atoms with Gasteiger partial charge in [0.25, 0.3) is 0 Å². The number of esters is 2. The third-order valence-electron chi connectivity index (χ3n) is 10.4. The fourth-order valence-electron chi connectivity index (χ4n) is 8.78. The predicted octanol–water partition coefficient (Wildman–Crippen LogP) is 6.43. The van der Waals surface area contributed by atoms with Gasteiger partial charge in [0.15, 0.2) is 6.29 Å². The van der Waals surface area contributed by atoms with E-state index < -0.39 is 11.0 Å². The number of ether oxygens (including phenoxy) is 5. The lowest BCUT2D eigenvalue weighted by Gasteiger charge is -2.60. The molecule has 1 aromatic rings. The van der Waals surface area contributed by atoms with Crippen LogP contribution in [0, 0.1) is 24.2 Å². The number of carbonyl (C=O) groups is 2. The Hall–Kier alpha value is -2.12. The molecule has 5 aliphatic carbocycles. The predicted molar refractivity (Wildman–Crippen MR) is 149 cm³/mol. The second-order valence-corrected chi connectivity index (χ2v) is 13.6. The lowest BCUT2D eigenvalue weighted by atomic mass is 9.48. The van der Waals surface area contributed by atoms with Crippen LogP contribution in [-0.2, 0) is 28.5 Å². The van der Waals surface area contributed by atoms with Crippen LogP contribution in [0.5, 0.6) is 5.75 Å². The molecule has 7 heteroatoms. The van der Waals surface area contributed by atoms with Crippen LogP contribution >= 0.6 is 0 Å². The van der Waals surface area contributed by atoms with Gasteiger partial charge in [-0.3, -0.25) is 4.79 Å². The molecule has 0 amide bonds. The zero-order chi connectivity index (χ0) is 27.8. The lowest BCUT2D eigenvalue weighted by molar-refractivity contribution is -0.220. The molecule has 0 radical (unpaired) electrons. The molecule has 5 saturated carbocycles. The fourth-order valence-corrected chi connectivity index (χ4v) is 8.78. The highest BCUT2D eigenvalue weighted by atomic mass is 16.7. The van der Waals surface area contributed by atoms with E-state index in [-0.39, 0.29) is 43.1 Å². The summed E-state index contributed by atoms with van der Waals surface area (Å²) in [5.74, 6) is 1.31. The van der Waals surface area contributed by atoms with Crippen LogP contribution in [-0.4, -0.2) is 48.7 Å². The molecule has 1 aromatic carbocycles. The van der Waals surface area contributed by atoms with E-state index in [0.717, 1.165) is 89.2 Å². The number of carbonyl (C=O) groups excluding carboxylic acids is 2. The average molecular weight is 555 g/mol. The van der Waals surface area contributed by atoms with Crippen LogP contribution in [0.15, 0.2) is 24.3 Å². The third-order valence-corrected chi connectivity index (χ3v) is 10.4. The molecule has 0 spiro atoms. The standard InChI is InChI=1S/C33H46O7/c1-3-32(13-4-5-14-32)40-28(34)21-37-33-18-24-15-25(19-33)17-31(16-24,22-33)30(35)36-20-27-7-6-8-29(39-27)38-26-11-9-23(2)10-12-26/h9-12,24-25,27,29H,3-8,13-22H2,1-2H3. The van der Waals surface area contributed by atoms with Crippen LogP contribution in [0.3, 0.4) is 0 Å². The molecule has 0 N–H and O–H groups in total. The van der Waals surface area contributed by atoms with Gasteiger partial charge in [0.1, 0.15) is 24.6 Å². The maximum atomic E-state index is 13.7. The summed E-state index contributed by atoms with van der Waals surface area (Å²) >= 11 is 0. The van der Waals surface area contributed by atoms with E-state index in [9.17, 15) is 9.59 Å². The maximum absolute atomic E-state index is 13.7. The van der Waals surface area contributed by atoms with E-state index >= 15 is 0 Å². The van der Waals surface area contributed by atoms with Crippen molar-refractivity contribution in [1.82, 2.24) is 0 Å². The van der Waals surface area contributed by atoms with Crippen LogP contribution in [0.4, 0.5) is 0 Å². The Morgan fingerprint density at radius 3 is 2.40 bits per heavy atom. The summed E-state index contributed by atoms with van der Waals surface area (Å²) < 4.78 is 30.6. The van der Waals surface area contributed by atoms with Gasteiger partial charge in [-0.25, -0.2) is 4.79 Å². The van der Waals surface area contributed by atoms with Gasteiger partial charge in [-0.2, -0.15) is 0 Å². The van der Waals surface area contributed by atoms with Gasteiger partial charge in [-0.05, 0) is 114 Å². The minimum Gasteiger partial charge on any atom is -0.465 e. The molecule has 6 aliphatic rings. The van der Waals surface area contributed by atoms with Crippen molar-refractivity contribution < 1.29 is 33.3 Å². The third kappa shape index (κ3) is 5.92. The number of rotatable bonds is 10. The molecule has 1 saturated heterocycles. The quantitative estimate of drug-likeness (QED) is 0.308. The summed E-state index contributed by atoms with van der Waals surface area (Å²) in [7, 11) is 0. The van der Waals surface area contributed by atoms with Crippen molar-refractivity contribution in [2.24, 2.45) is 17.3 Å². The Balaban J connectivity index is 1.03. The molecule has 7 rings (SSSR count). The van der Waals surface area contributed by atoms with E-state index in [0.29, 0.717) is 18.3 Å². The van der Waals surface area contributed by atoms with Gasteiger partial charge in [0.05, 0.1) is 17.1 Å². The molecular weight excluding hydrogens is 508 g/mol. The molecule has 1 aliphatic heterocycles. The van der Waals surface area contributed by atoms with Crippen LogP contribution in [0.1, 0.15) is 102 Å². The Morgan fingerprint density at radius 1 is 0.975 bits per heavy atom. The smallest absolute Gasteiger partial charge is 0.332 e. The van der Waals surface area contributed by atoms with Gasteiger partial charge < -0.3 is 23.7 Å². The molecular formula is C33H46O7. The van der Waals surface area contributed by atoms with E-state index in [1.807, 2.05) is 24.3 Å². The minimum absolute atomic E-state index is 0.0232. The van der Waals surface area contributed by atoms with Gasteiger partial charge in [-0.1, -0.05) is 24.6 Å². The topological polar surface area (TPSA) is 80.3 Å². The molecule has 40 heavy (non-hydrogen) atoms. The van der Waals surface area contributed by atoms with E-state index in [2.05, 4.69) is 13.8 Å². The molecule has 4 bridgehead atoms. The number of hydrogen-bond acceptors (Lipinski definition) is 7. The first-order chi connectivity index (χ1) is 19.3. The number of hydrogen-bond donors (Lipinski definition) is 0. The second kappa shape index (κ2) is 11.3.